The molecule has 0 saturated carbocycles. The van der Waals surface area contributed by atoms with Crippen molar-refractivity contribution in [1.82, 2.24) is 19.6 Å². The first-order valence-electron chi connectivity index (χ1n) is 16.2. The summed E-state index contributed by atoms with van der Waals surface area (Å²) in [6.45, 7) is 17.0. The molecule has 0 amide bonds. The molecule has 1 unspecified atom stereocenters. The van der Waals surface area contributed by atoms with Gasteiger partial charge in [0.05, 0.1) is 24.4 Å². The highest BCUT2D eigenvalue weighted by Gasteiger charge is 2.39. The largest absolute Gasteiger partial charge is 0.543 e. The minimum Gasteiger partial charge on any atom is -0.543 e. The minimum absolute atomic E-state index is 0.0502. The Balaban J connectivity index is 1.20. The molecule has 2 aromatic heterocycles. The lowest BCUT2D eigenvalue weighted by Crippen LogP contribution is -2.43. The van der Waals surface area contributed by atoms with Crippen LogP contribution < -0.4 is 4.43 Å². The zero-order chi connectivity index (χ0) is 31.2. The van der Waals surface area contributed by atoms with Crippen LogP contribution in [0.25, 0.3) is 22.2 Å². The number of rotatable bonds is 14. The Kier molecular flexibility index (Phi) is 10.6. The van der Waals surface area contributed by atoms with Gasteiger partial charge >= 0.3 is 0 Å². The molecule has 8 nitrogen and oxygen atoms in total. The molecular formula is C35H50N4O4Si. The van der Waals surface area contributed by atoms with Crippen molar-refractivity contribution in [2.24, 2.45) is 0 Å². The van der Waals surface area contributed by atoms with Gasteiger partial charge in [0.15, 0.2) is 6.23 Å². The molecule has 0 bridgehead atoms. The van der Waals surface area contributed by atoms with E-state index in [0.717, 1.165) is 73.2 Å². The van der Waals surface area contributed by atoms with Gasteiger partial charge in [-0.05, 0) is 80.9 Å². The van der Waals surface area contributed by atoms with E-state index in [1.807, 2.05) is 29.1 Å². The monoisotopic (exact) mass is 618 g/mol. The van der Waals surface area contributed by atoms with E-state index in [4.69, 9.17) is 23.7 Å². The molecular weight excluding hydrogens is 568 g/mol. The van der Waals surface area contributed by atoms with Crippen molar-refractivity contribution in [1.29, 1.82) is 0 Å². The molecule has 3 heterocycles. The number of aryl methyl sites for hydroxylation is 1. The number of fused-ring (bicyclic) bond motifs is 1. The molecule has 4 aromatic rings. The summed E-state index contributed by atoms with van der Waals surface area (Å²) in [5, 5.41) is 11.0. The van der Waals surface area contributed by atoms with Crippen LogP contribution in [-0.2, 0) is 27.4 Å². The average molecular weight is 619 g/mol. The number of nitrogens with zero attached hydrogens (tertiary/aromatic N) is 4. The van der Waals surface area contributed by atoms with Gasteiger partial charge in [-0.2, -0.15) is 10.2 Å². The highest BCUT2D eigenvalue weighted by molar-refractivity contribution is 6.74. The second-order valence-electron chi connectivity index (χ2n) is 13.5. The normalized spacial score (nSPS) is 16.8. The summed E-state index contributed by atoms with van der Waals surface area (Å²) in [5.74, 6) is 0.902. The van der Waals surface area contributed by atoms with E-state index in [1.54, 1.807) is 0 Å². The first-order valence-corrected chi connectivity index (χ1v) is 19.1. The van der Waals surface area contributed by atoms with E-state index in [2.05, 4.69) is 87.1 Å². The second-order valence-corrected chi connectivity index (χ2v) is 18.2. The summed E-state index contributed by atoms with van der Waals surface area (Å²) in [7, 11) is -1.99. The van der Waals surface area contributed by atoms with Crippen molar-refractivity contribution in [3.05, 3.63) is 66.5 Å². The van der Waals surface area contributed by atoms with Crippen LogP contribution in [0.3, 0.4) is 0 Å². The van der Waals surface area contributed by atoms with Crippen molar-refractivity contribution in [3.8, 4) is 17.0 Å². The standard InChI is InChI=1S/C35H50N4O4Si/c1-27(42-26-28-13-8-7-9-14-28)18-22-40-20-12-19-38-25-29(24-36-38)34-31-23-30(43-44(5,6)35(2,3)4)16-17-32(31)39(37-34)33-15-10-11-21-41-33/h7-9,13-14,16-17,23-25,27,33H,10-12,15,18-22,26H2,1-6H3/t27-,33?/m1/s1. The van der Waals surface area contributed by atoms with E-state index in [-0.39, 0.29) is 17.4 Å². The van der Waals surface area contributed by atoms with Gasteiger partial charge in [0, 0.05) is 43.5 Å². The highest BCUT2D eigenvalue weighted by Crippen LogP contribution is 2.39. The Morgan fingerprint density at radius 2 is 1.89 bits per heavy atom. The molecule has 5 rings (SSSR count). The summed E-state index contributed by atoms with van der Waals surface area (Å²) in [4.78, 5) is 0. The number of aromatic nitrogens is 4. The van der Waals surface area contributed by atoms with Gasteiger partial charge in [0.2, 0.25) is 8.32 Å². The van der Waals surface area contributed by atoms with Gasteiger partial charge in [-0.1, -0.05) is 51.1 Å². The minimum atomic E-state index is -1.99. The molecule has 2 atom stereocenters. The van der Waals surface area contributed by atoms with Crippen LogP contribution in [0.1, 0.15) is 71.6 Å². The third-order valence-corrected chi connectivity index (χ3v) is 13.3. The van der Waals surface area contributed by atoms with E-state index >= 15 is 0 Å². The fourth-order valence-corrected chi connectivity index (χ4v) is 6.19. The molecule has 238 valence electrons. The maximum Gasteiger partial charge on any atom is 0.250 e. The summed E-state index contributed by atoms with van der Waals surface area (Å²) in [6.07, 6.45) is 9.09. The Bertz CT molecular complexity index is 1470. The Morgan fingerprint density at radius 1 is 1.07 bits per heavy atom. The predicted molar refractivity (Wildman–Crippen MR) is 178 cm³/mol. The van der Waals surface area contributed by atoms with Crippen LogP contribution in [0, 0.1) is 0 Å². The van der Waals surface area contributed by atoms with Crippen molar-refractivity contribution < 1.29 is 18.6 Å². The number of hydrogen-bond donors (Lipinski definition) is 0. The van der Waals surface area contributed by atoms with Crippen LogP contribution in [-0.4, -0.2) is 53.8 Å². The Morgan fingerprint density at radius 3 is 2.64 bits per heavy atom. The van der Waals surface area contributed by atoms with E-state index in [1.165, 1.54) is 5.56 Å². The number of ether oxygens (including phenoxy) is 3. The molecule has 2 aromatic carbocycles. The van der Waals surface area contributed by atoms with Crippen LogP contribution in [0.5, 0.6) is 5.75 Å². The fraction of sp³-hybridized carbons (Fsp3) is 0.543. The quantitative estimate of drug-likeness (QED) is 0.104. The molecule has 44 heavy (non-hydrogen) atoms. The van der Waals surface area contributed by atoms with Gasteiger partial charge in [-0.25, -0.2) is 4.68 Å². The van der Waals surface area contributed by atoms with Crippen LogP contribution in [0.15, 0.2) is 60.9 Å². The van der Waals surface area contributed by atoms with E-state index in [0.29, 0.717) is 19.8 Å². The first kappa shape index (κ1) is 32.4. The molecule has 0 spiro atoms. The molecule has 1 saturated heterocycles. The SMILES string of the molecule is C[C@H](CCOCCCn1cc(-c2nn(C3CCCCO3)c3ccc(O[Si](C)(C)C(C)(C)C)cc23)cn1)OCc1ccccc1. The molecule has 9 heteroatoms. The molecule has 1 fully saturated rings. The second kappa shape index (κ2) is 14.4. The lowest BCUT2D eigenvalue weighted by molar-refractivity contribution is -0.0365. The van der Waals surface area contributed by atoms with Crippen LogP contribution in [0.4, 0.5) is 0 Å². The molecule has 0 radical (unpaired) electrons. The average Bonchev–Trinajstić information content (AvgIpc) is 3.62. The first-order chi connectivity index (χ1) is 21.1. The summed E-state index contributed by atoms with van der Waals surface area (Å²) >= 11 is 0. The third-order valence-electron chi connectivity index (χ3n) is 8.91. The van der Waals surface area contributed by atoms with Crippen molar-refractivity contribution >= 4 is 19.2 Å². The molecule has 1 aliphatic heterocycles. The zero-order valence-electron chi connectivity index (χ0n) is 27.4. The number of benzene rings is 2. The number of hydrogen-bond acceptors (Lipinski definition) is 6. The third kappa shape index (κ3) is 8.18. The maximum absolute atomic E-state index is 6.69. The lowest BCUT2D eigenvalue weighted by atomic mass is 10.1. The smallest absolute Gasteiger partial charge is 0.250 e. The van der Waals surface area contributed by atoms with Crippen molar-refractivity contribution in [2.45, 2.75) is 103 Å². The summed E-state index contributed by atoms with van der Waals surface area (Å²) in [5.41, 5.74) is 4.18. The molecule has 0 N–H and O–H groups in total. The van der Waals surface area contributed by atoms with Crippen molar-refractivity contribution in [3.63, 3.8) is 0 Å². The topological polar surface area (TPSA) is 72.6 Å². The van der Waals surface area contributed by atoms with Gasteiger partial charge in [0.25, 0.3) is 0 Å². The van der Waals surface area contributed by atoms with Gasteiger partial charge in [-0.15, -0.1) is 0 Å². The molecule has 1 aliphatic rings. The summed E-state index contributed by atoms with van der Waals surface area (Å²) < 4.78 is 28.8. The Labute approximate surface area is 263 Å². The lowest BCUT2D eigenvalue weighted by Gasteiger charge is -2.36. The van der Waals surface area contributed by atoms with Gasteiger partial charge in [-0.3, -0.25) is 4.68 Å². The van der Waals surface area contributed by atoms with E-state index in [9.17, 15) is 0 Å². The van der Waals surface area contributed by atoms with Crippen LogP contribution >= 0.6 is 0 Å². The molecule has 0 aliphatic carbocycles. The van der Waals surface area contributed by atoms with Crippen molar-refractivity contribution in [2.75, 3.05) is 19.8 Å². The van der Waals surface area contributed by atoms with Gasteiger partial charge < -0.3 is 18.6 Å². The van der Waals surface area contributed by atoms with Crippen LogP contribution in [0.2, 0.25) is 18.1 Å². The van der Waals surface area contributed by atoms with Gasteiger partial charge in [0.1, 0.15) is 11.4 Å². The van der Waals surface area contributed by atoms with E-state index < -0.39 is 8.32 Å². The zero-order valence-corrected chi connectivity index (χ0v) is 28.4. The fourth-order valence-electron chi connectivity index (χ4n) is 5.16. The summed E-state index contributed by atoms with van der Waals surface area (Å²) in [6, 6.07) is 16.7. The predicted octanol–water partition coefficient (Wildman–Crippen LogP) is 8.39. The Hall–Kier alpha value is -2.98. The highest BCUT2D eigenvalue weighted by atomic mass is 28.4. The maximum atomic E-state index is 6.69.